The van der Waals surface area contributed by atoms with Gasteiger partial charge in [0.2, 0.25) is 0 Å². The fraction of sp³-hybridized carbons (Fsp3) is 0.273. The minimum absolute atomic E-state index is 0.154. The molecule has 0 amide bonds. The third-order valence-electron chi connectivity index (χ3n) is 1.93. The highest BCUT2D eigenvalue weighted by molar-refractivity contribution is 9.10. The molecule has 0 N–H and O–H groups in total. The fourth-order valence-corrected chi connectivity index (χ4v) is 1.66. The Labute approximate surface area is 102 Å². The van der Waals surface area contributed by atoms with Crippen molar-refractivity contribution >= 4 is 21.9 Å². The Morgan fingerprint density at radius 1 is 1.56 bits per heavy atom. The first-order chi connectivity index (χ1) is 7.65. The Bertz CT molecular complexity index is 451. The van der Waals surface area contributed by atoms with Gasteiger partial charge in [-0.1, -0.05) is 0 Å². The summed E-state index contributed by atoms with van der Waals surface area (Å²) in [5, 5.41) is 8.99. The predicted molar refractivity (Wildman–Crippen MR) is 61.4 cm³/mol. The Morgan fingerprint density at radius 3 is 2.75 bits per heavy atom. The van der Waals surface area contributed by atoms with Gasteiger partial charge in [0.15, 0.2) is 0 Å². The number of hydrogen-bond donors (Lipinski definition) is 0. The van der Waals surface area contributed by atoms with E-state index in [1.54, 1.807) is 19.1 Å². The SMILES string of the molecule is CCOC(=O)c1c(OC)ccc(Br)c1C#N. The Kier molecular flexibility index (Phi) is 4.32. The van der Waals surface area contributed by atoms with Crippen LogP contribution in [-0.4, -0.2) is 19.7 Å². The summed E-state index contributed by atoms with van der Waals surface area (Å²) in [5.74, 6) is -0.226. The van der Waals surface area contributed by atoms with Crippen LogP contribution in [0.2, 0.25) is 0 Å². The second-order valence-electron chi connectivity index (χ2n) is 2.83. The summed E-state index contributed by atoms with van der Waals surface area (Å²) in [6.07, 6.45) is 0. The van der Waals surface area contributed by atoms with E-state index in [1.807, 2.05) is 6.07 Å². The first-order valence-corrected chi connectivity index (χ1v) is 5.38. The number of nitriles is 1. The van der Waals surface area contributed by atoms with Gasteiger partial charge in [-0.3, -0.25) is 0 Å². The lowest BCUT2D eigenvalue weighted by Crippen LogP contribution is -2.09. The molecular formula is C11H10BrNO3. The van der Waals surface area contributed by atoms with Crippen molar-refractivity contribution in [1.82, 2.24) is 0 Å². The number of ether oxygens (including phenoxy) is 2. The molecule has 16 heavy (non-hydrogen) atoms. The first kappa shape index (κ1) is 12.5. The highest BCUT2D eigenvalue weighted by atomic mass is 79.9. The molecule has 0 aliphatic carbocycles. The van der Waals surface area contributed by atoms with Crippen LogP contribution in [0.15, 0.2) is 16.6 Å². The number of rotatable bonds is 3. The van der Waals surface area contributed by atoms with Crippen LogP contribution < -0.4 is 4.74 Å². The van der Waals surface area contributed by atoms with Crippen LogP contribution in [0.25, 0.3) is 0 Å². The maximum absolute atomic E-state index is 11.7. The van der Waals surface area contributed by atoms with Crippen molar-refractivity contribution in [3.63, 3.8) is 0 Å². The molecule has 0 atom stereocenters. The van der Waals surface area contributed by atoms with Crippen LogP contribution in [0.1, 0.15) is 22.8 Å². The molecule has 0 saturated carbocycles. The van der Waals surface area contributed by atoms with Gasteiger partial charge in [0.1, 0.15) is 17.4 Å². The molecule has 1 aromatic carbocycles. The van der Waals surface area contributed by atoms with Crippen LogP contribution in [0.3, 0.4) is 0 Å². The molecule has 84 valence electrons. The molecule has 5 heteroatoms. The zero-order valence-corrected chi connectivity index (χ0v) is 10.5. The predicted octanol–water partition coefficient (Wildman–Crippen LogP) is 2.51. The molecule has 0 fully saturated rings. The molecule has 0 saturated heterocycles. The zero-order chi connectivity index (χ0) is 12.1. The molecule has 0 aliphatic rings. The number of hydrogen-bond acceptors (Lipinski definition) is 4. The normalized spacial score (nSPS) is 9.38. The molecule has 4 nitrogen and oxygen atoms in total. The molecule has 0 aromatic heterocycles. The Morgan fingerprint density at radius 2 is 2.25 bits per heavy atom. The van der Waals surface area contributed by atoms with E-state index in [0.29, 0.717) is 10.2 Å². The minimum atomic E-state index is -0.558. The largest absolute Gasteiger partial charge is 0.496 e. The number of benzene rings is 1. The summed E-state index contributed by atoms with van der Waals surface area (Å²) in [6, 6.07) is 5.21. The second kappa shape index (κ2) is 5.52. The average molecular weight is 284 g/mol. The van der Waals surface area contributed by atoms with Gasteiger partial charge < -0.3 is 9.47 Å². The molecule has 0 aliphatic heterocycles. The van der Waals surface area contributed by atoms with Gasteiger partial charge in [-0.25, -0.2) is 4.79 Å². The summed E-state index contributed by atoms with van der Waals surface area (Å²) in [6.45, 7) is 1.95. The van der Waals surface area contributed by atoms with Crippen molar-refractivity contribution in [3.05, 3.63) is 27.7 Å². The summed E-state index contributed by atoms with van der Waals surface area (Å²) >= 11 is 3.20. The maximum Gasteiger partial charge on any atom is 0.343 e. The van der Waals surface area contributed by atoms with Crippen LogP contribution in [-0.2, 0) is 4.74 Å². The lowest BCUT2D eigenvalue weighted by atomic mass is 10.1. The molecule has 0 bridgehead atoms. The maximum atomic E-state index is 11.7. The van der Waals surface area contributed by atoms with E-state index in [4.69, 9.17) is 14.7 Å². The molecule has 1 rings (SSSR count). The minimum Gasteiger partial charge on any atom is -0.496 e. The van der Waals surface area contributed by atoms with Crippen molar-refractivity contribution in [3.8, 4) is 11.8 Å². The summed E-state index contributed by atoms with van der Waals surface area (Å²) < 4.78 is 10.5. The van der Waals surface area contributed by atoms with Crippen LogP contribution in [0.5, 0.6) is 5.75 Å². The quantitative estimate of drug-likeness (QED) is 0.800. The number of methoxy groups -OCH3 is 1. The standard InChI is InChI=1S/C11H10BrNO3/c1-3-16-11(14)10-7(6-13)8(12)4-5-9(10)15-2/h4-5H,3H2,1-2H3. The van der Waals surface area contributed by atoms with E-state index < -0.39 is 5.97 Å². The summed E-state index contributed by atoms with van der Waals surface area (Å²) in [4.78, 5) is 11.7. The number of carbonyl (C=O) groups excluding carboxylic acids is 1. The topological polar surface area (TPSA) is 59.3 Å². The van der Waals surface area contributed by atoms with E-state index in [2.05, 4.69) is 15.9 Å². The summed E-state index contributed by atoms with van der Waals surface area (Å²) in [5.41, 5.74) is 0.374. The van der Waals surface area contributed by atoms with E-state index in [1.165, 1.54) is 7.11 Å². The molecule has 0 radical (unpaired) electrons. The van der Waals surface area contributed by atoms with Gasteiger partial charge in [0.05, 0.1) is 19.3 Å². The summed E-state index contributed by atoms with van der Waals surface area (Å²) in [7, 11) is 1.44. The molecule has 0 unspecified atom stereocenters. The highest BCUT2D eigenvalue weighted by Gasteiger charge is 2.20. The second-order valence-corrected chi connectivity index (χ2v) is 3.69. The highest BCUT2D eigenvalue weighted by Crippen LogP contribution is 2.29. The van der Waals surface area contributed by atoms with Crippen LogP contribution >= 0.6 is 15.9 Å². The third kappa shape index (κ3) is 2.34. The monoisotopic (exact) mass is 283 g/mol. The van der Waals surface area contributed by atoms with Crippen molar-refractivity contribution in [2.75, 3.05) is 13.7 Å². The van der Waals surface area contributed by atoms with E-state index in [-0.39, 0.29) is 17.7 Å². The van der Waals surface area contributed by atoms with Gasteiger partial charge in [-0.2, -0.15) is 5.26 Å². The third-order valence-corrected chi connectivity index (χ3v) is 2.59. The smallest absolute Gasteiger partial charge is 0.343 e. The zero-order valence-electron chi connectivity index (χ0n) is 8.91. The number of carbonyl (C=O) groups is 1. The van der Waals surface area contributed by atoms with Crippen molar-refractivity contribution < 1.29 is 14.3 Å². The van der Waals surface area contributed by atoms with E-state index in [9.17, 15) is 4.79 Å². The van der Waals surface area contributed by atoms with Crippen molar-refractivity contribution in [2.24, 2.45) is 0 Å². The van der Waals surface area contributed by atoms with Gasteiger partial charge in [0, 0.05) is 4.47 Å². The van der Waals surface area contributed by atoms with E-state index in [0.717, 1.165) is 0 Å². The van der Waals surface area contributed by atoms with Crippen molar-refractivity contribution in [2.45, 2.75) is 6.92 Å². The lowest BCUT2D eigenvalue weighted by Gasteiger charge is -2.10. The van der Waals surface area contributed by atoms with Gasteiger partial charge in [-0.05, 0) is 35.0 Å². The molecule has 0 spiro atoms. The van der Waals surface area contributed by atoms with Crippen LogP contribution in [0, 0.1) is 11.3 Å². The van der Waals surface area contributed by atoms with Crippen molar-refractivity contribution in [1.29, 1.82) is 5.26 Å². The first-order valence-electron chi connectivity index (χ1n) is 4.59. The van der Waals surface area contributed by atoms with Crippen LogP contribution in [0.4, 0.5) is 0 Å². The van der Waals surface area contributed by atoms with E-state index >= 15 is 0 Å². The van der Waals surface area contributed by atoms with Gasteiger partial charge in [0.25, 0.3) is 0 Å². The lowest BCUT2D eigenvalue weighted by molar-refractivity contribution is 0.0522. The van der Waals surface area contributed by atoms with Gasteiger partial charge in [-0.15, -0.1) is 0 Å². The fourth-order valence-electron chi connectivity index (χ4n) is 1.24. The molecule has 0 heterocycles. The molecular weight excluding hydrogens is 274 g/mol. The van der Waals surface area contributed by atoms with Gasteiger partial charge >= 0.3 is 5.97 Å². The average Bonchev–Trinajstić information content (AvgIpc) is 2.28. The number of nitrogens with zero attached hydrogens (tertiary/aromatic N) is 1. The number of halogens is 1. The Balaban J connectivity index is 3.37. The Hall–Kier alpha value is -1.54. The number of esters is 1. The molecule has 1 aromatic rings.